The van der Waals surface area contributed by atoms with E-state index in [0.717, 1.165) is 68.1 Å². The second kappa shape index (κ2) is 12.7. The number of nitrogens with zero attached hydrogens (tertiary/aromatic N) is 6. The van der Waals surface area contributed by atoms with E-state index in [2.05, 4.69) is 36.8 Å². The summed E-state index contributed by atoms with van der Waals surface area (Å²) in [6.45, 7) is 10.1. The molecule has 2 aromatic rings. The maximum absolute atomic E-state index is 11.3. The summed E-state index contributed by atoms with van der Waals surface area (Å²) in [5, 5.41) is 11.3. The lowest BCUT2D eigenvalue weighted by Gasteiger charge is -2.29. The minimum Gasteiger partial charge on any atom is -0.490 e. The van der Waals surface area contributed by atoms with Gasteiger partial charge in [-0.3, -0.25) is 9.80 Å². The summed E-state index contributed by atoms with van der Waals surface area (Å²) in [6.07, 6.45) is 2.28. The van der Waals surface area contributed by atoms with Crippen molar-refractivity contribution in [2.75, 3.05) is 96.6 Å². The van der Waals surface area contributed by atoms with Crippen LogP contribution in [0.5, 0.6) is 11.5 Å². The van der Waals surface area contributed by atoms with Crippen LogP contribution in [0.3, 0.4) is 0 Å². The molecule has 0 radical (unpaired) electrons. The molecule has 1 atom stereocenters. The highest BCUT2D eigenvalue weighted by molar-refractivity contribution is 5.50. The van der Waals surface area contributed by atoms with E-state index in [-0.39, 0.29) is 0 Å². The molecule has 3 heterocycles. The Bertz CT molecular complexity index is 1000. The van der Waals surface area contributed by atoms with Gasteiger partial charge in [-0.25, -0.2) is 9.97 Å². The third kappa shape index (κ3) is 7.67. The van der Waals surface area contributed by atoms with E-state index in [1.54, 1.807) is 6.33 Å². The van der Waals surface area contributed by atoms with Gasteiger partial charge in [-0.2, -0.15) is 0 Å². The van der Waals surface area contributed by atoms with Crippen molar-refractivity contribution in [1.29, 1.82) is 0 Å². The van der Waals surface area contributed by atoms with Gasteiger partial charge < -0.3 is 29.1 Å². The average Bonchev–Trinajstić information content (AvgIpc) is 3.27. The van der Waals surface area contributed by atoms with E-state index >= 15 is 0 Å². The van der Waals surface area contributed by atoms with Crippen molar-refractivity contribution >= 4 is 11.6 Å². The van der Waals surface area contributed by atoms with E-state index in [1.165, 1.54) is 0 Å². The molecule has 2 aliphatic heterocycles. The average molecular weight is 515 g/mol. The summed E-state index contributed by atoms with van der Waals surface area (Å²) < 4.78 is 17.4. The van der Waals surface area contributed by atoms with Crippen molar-refractivity contribution in [2.24, 2.45) is 0 Å². The number of benzene rings is 1. The molecule has 0 unspecified atom stereocenters. The van der Waals surface area contributed by atoms with E-state index in [4.69, 9.17) is 14.2 Å². The number of morpholine rings is 1. The molecule has 10 nitrogen and oxygen atoms in total. The van der Waals surface area contributed by atoms with Crippen molar-refractivity contribution in [1.82, 2.24) is 19.8 Å². The summed E-state index contributed by atoms with van der Waals surface area (Å²) >= 11 is 0. The van der Waals surface area contributed by atoms with Gasteiger partial charge in [0.15, 0.2) is 11.5 Å². The minimum atomic E-state index is -0.802. The fraction of sp³-hybridized carbons (Fsp3) is 0.630. The Hall–Kier alpha value is -2.66. The Kier molecular flexibility index (Phi) is 9.42. The number of ether oxygens (including phenoxy) is 3. The molecule has 2 aliphatic rings. The Morgan fingerprint density at radius 1 is 1.05 bits per heavy atom. The highest BCUT2D eigenvalue weighted by Gasteiger charge is 2.37. The quantitative estimate of drug-likeness (QED) is 0.452. The second-order valence-corrected chi connectivity index (χ2v) is 10.2. The smallest absolute Gasteiger partial charge is 0.161 e. The molecule has 204 valence electrons. The Morgan fingerprint density at radius 3 is 2.62 bits per heavy atom. The lowest BCUT2D eigenvalue weighted by molar-refractivity contribution is 0.0279. The predicted molar refractivity (Wildman–Crippen MR) is 145 cm³/mol. The van der Waals surface area contributed by atoms with E-state index < -0.39 is 5.60 Å². The molecule has 0 aliphatic carbocycles. The maximum Gasteiger partial charge on any atom is 0.161 e. The number of aliphatic hydroxyl groups is 1. The Morgan fingerprint density at radius 2 is 1.86 bits per heavy atom. The van der Waals surface area contributed by atoms with E-state index in [0.29, 0.717) is 39.3 Å². The zero-order chi connectivity index (χ0) is 26.3. The largest absolute Gasteiger partial charge is 0.490 e. The summed E-state index contributed by atoms with van der Waals surface area (Å²) in [5.41, 5.74) is 0.319. The molecule has 10 heteroatoms. The molecular formula is C27H42N6O4. The third-order valence-corrected chi connectivity index (χ3v) is 6.85. The minimum absolute atomic E-state index is 0.543. The van der Waals surface area contributed by atoms with Crippen molar-refractivity contribution in [3.05, 3.63) is 36.2 Å². The van der Waals surface area contributed by atoms with Gasteiger partial charge in [0.05, 0.1) is 25.4 Å². The van der Waals surface area contributed by atoms with Crippen LogP contribution < -0.4 is 19.3 Å². The maximum atomic E-state index is 11.3. The molecule has 1 aromatic heterocycles. The number of β-amino-alcohol motifs (C(OH)–C–C–N with tert-alkyl or cyclic N) is 1. The fourth-order valence-electron chi connectivity index (χ4n) is 4.95. The zero-order valence-electron chi connectivity index (χ0n) is 22.7. The van der Waals surface area contributed by atoms with Crippen LogP contribution in [0.2, 0.25) is 0 Å². The van der Waals surface area contributed by atoms with Crippen LogP contribution in [0.4, 0.5) is 11.6 Å². The van der Waals surface area contributed by atoms with Crippen molar-refractivity contribution in [3.63, 3.8) is 0 Å². The fourth-order valence-corrected chi connectivity index (χ4v) is 4.95. The molecular weight excluding hydrogens is 472 g/mol. The number of rotatable bonds is 12. The van der Waals surface area contributed by atoms with Crippen molar-refractivity contribution in [2.45, 2.75) is 25.5 Å². The summed E-state index contributed by atoms with van der Waals surface area (Å²) in [7, 11) is 5.97. The standard InChI is InChI=1S/C27H42N6O4/c1-5-36-24-16-22(6-7-23(24)37-15-12-32-10-13-35-14-11-32)18-31(4)19-27(34)8-9-33(20-27)26-17-25(30(2)3)28-21-29-26/h6-7,16-17,21,34H,5,8-15,18-20H2,1-4H3/t27-/m0/s1. The van der Waals surface area contributed by atoms with Crippen LogP contribution in [0.15, 0.2) is 30.6 Å². The number of likely N-dealkylation sites (N-methyl/N-ethyl adjacent to an activating group) is 1. The molecule has 1 N–H and O–H groups in total. The van der Waals surface area contributed by atoms with Crippen LogP contribution in [0.25, 0.3) is 0 Å². The molecule has 2 saturated heterocycles. The molecule has 0 bridgehead atoms. The zero-order valence-corrected chi connectivity index (χ0v) is 22.7. The van der Waals surface area contributed by atoms with Crippen LogP contribution in [-0.2, 0) is 11.3 Å². The van der Waals surface area contributed by atoms with Gasteiger partial charge in [0.1, 0.15) is 24.6 Å². The molecule has 0 saturated carbocycles. The Balaban J connectivity index is 1.31. The molecule has 37 heavy (non-hydrogen) atoms. The molecule has 0 amide bonds. The first kappa shape index (κ1) is 27.4. The van der Waals surface area contributed by atoms with Gasteiger partial charge >= 0.3 is 0 Å². The highest BCUT2D eigenvalue weighted by atomic mass is 16.5. The van der Waals surface area contributed by atoms with Crippen molar-refractivity contribution < 1.29 is 19.3 Å². The van der Waals surface area contributed by atoms with Gasteiger partial charge in [0, 0.05) is 66.0 Å². The number of anilines is 2. The normalized spacial score (nSPS) is 20.4. The lowest BCUT2D eigenvalue weighted by Crippen LogP contribution is -2.43. The van der Waals surface area contributed by atoms with Gasteiger partial charge in [-0.05, 0) is 38.1 Å². The number of hydrogen-bond donors (Lipinski definition) is 1. The first-order chi connectivity index (χ1) is 17.8. The van der Waals surface area contributed by atoms with Gasteiger partial charge in [0.25, 0.3) is 0 Å². The highest BCUT2D eigenvalue weighted by Crippen LogP contribution is 2.30. The van der Waals surface area contributed by atoms with E-state index in [9.17, 15) is 5.11 Å². The summed E-state index contributed by atoms with van der Waals surface area (Å²) in [5.74, 6) is 3.24. The summed E-state index contributed by atoms with van der Waals surface area (Å²) in [4.78, 5) is 17.3. The monoisotopic (exact) mass is 514 g/mol. The summed E-state index contributed by atoms with van der Waals surface area (Å²) in [6, 6.07) is 8.10. The van der Waals surface area contributed by atoms with Crippen LogP contribution >= 0.6 is 0 Å². The predicted octanol–water partition coefficient (Wildman–Crippen LogP) is 1.73. The first-order valence-corrected chi connectivity index (χ1v) is 13.2. The third-order valence-electron chi connectivity index (χ3n) is 6.85. The lowest BCUT2D eigenvalue weighted by atomic mass is 10.0. The number of aromatic nitrogens is 2. The molecule has 0 spiro atoms. The Labute approximate surface area is 220 Å². The second-order valence-electron chi connectivity index (χ2n) is 10.2. The van der Waals surface area contributed by atoms with E-state index in [1.807, 2.05) is 45.1 Å². The van der Waals surface area contributed by atoms with Crippen LogP contribution in [-0.4, -0.2) is 117 Å². The first-order valence-electron chi connectivity index (χ1n) is 13.2. The van der Waals surface area contributed by atoms with Crippen molar-refractivity contribution in [3.8, 4) is 11.5 Å². The van der Waals surface area contributed by atoms with Crippen LogP contribution in [0.1, 0.15) is 18.9 Å². The van der Waals surface area contributed by atoms with Gasteiger partial charge in [0.2, 0.25) is 0 Å². The van der Waals surface area contributed by atoms with Crippen LogP contribution in [0, 0.1) is 0 Å². The molecule has 1 aromatic carbocycles. The molecule has 4 rings (SSSR count). The SMILES string of the molecule is CCOc1cc(CN(C)C[C@@]2(O)CCN(c3cc(N(C)C)ncn3)C2)ccc1OCCN1CCOCC1. The number of hydrogen-bond acceptors (Lipinski definition) is 10. The topological polar surface area (TPSA) is 86.7 Å². The molecule has 2 fully saturated rings. The van der Waals surface area contributed by atoms with Gasteiger partial charge in [-0.15, -0.1) is 0 Å². The van der Waals surface area contributed by atoms with Gasteiger partial charge in [-0.1, -0.05) is 6.07 Å².